The number of benzene rings is 1. The number of aliphatic carboxylic acids is 1. The van der Waals surface area contributed by atoms with Gasteiger partial charge in [0.1, 0.15) is 12.3 Å². The number of methoxy groups -OCH3 is 1. The van der Waals surface area contributed by atoms with E-state index in [1.54, 1.807) is 12.1 Å². The molecule has 132 valence electrons. The van der Waals surface area contributed by atoms with Gasteiger partial charge < -0.3 is 15.2 Å². The monoisotopic (exact) mass is 356 g/mol. The van der Waals surface area contributed by atoms with Crippen LogP contribution >= 0.6 is 0 Å². The predicted molar refractivity (Wildman–Crippen MR) is 85.1 cm³/mol. The van der Waals surface area contributed by atoms with E-state index in [0.717, 1.165) is 0 Å². The topological polar surface area (TPSA) is 113 Å². The Morgan fingerprint density at radius 2 is 2.00 bits per heavy atom. The van der Waals surface area contributed by atoms with Crippen LogP contribution in [0.5, 0.6) is 5.75 Å². The summed E-state index contributed by atoms with van der Waals surface area (Å²) in [7, 11) is -2.21. The molecular weight excluding hydrogens is 336 g/mol. The third kappa shape index (κ3) is 4.24. The number of hydrogen-bond donors (Lipinski definition) is 2. The van der Waals surface area contributed by atoms with Crippen molar-refractivity contribution >= 4 is 21.9 Å². The molecule has 1 aliphatic rings. The zero-order valence-electron chi connectivity index (χ0n) is 13.3. The number of carbonyl (C=O) groups is 2. The van der Waals surface area contributed by atoms with Gasteiger partial charge in [-0.05, 0) is 37.1 Å². The quantitative estimate of drug-likeness (QED) is 0.758. The Morgan fingerprint density at radius 1 is 1.33 bits per heavy atom. The third-order valence-corrected chi connectivity index (χ3v) is 5.75. The van der Waals surface area contributed by atoms with Crippen LogP contribution in [-0.4, -0.2) is 56.5 Å². The lowest BCUT2D eigenvalue weighted by atomic mass is 9.99. The minimum atomic E-state index is -3.70. The molecule has 1 heterocycles. The van der Waals surface area contributed by atoms with Crippen molar-refractivity contribution in [3.05, 3.63) is 24.3 Å². The number of piperidine rings is 1. The average Bonchev–Trinajstić information content (AvgIpc) is 2.59. The molecule has 0 radical (unpaired) electrons. The highest BCUT2D eigenvalue weighted by molar-refractivity contribution is 7.89. The molecule has 9 heteroatoms. The first-order valence-corrected chi connectivity index (χ1v) is 8.92. The molecule has 1 aliphatic heterocycles. The molecule has 2 N–H and O–H groups in total. The van der Waals surface area contributed by atoms with Crippen molar-refractivity contribution in [2.75, 3.05) is 26.7 Å². The molecule has 0 unspecified atom stereocenters. The normalized spacial score (nSPS) is 18.8. The number of rotatable bonds is 6. The summed E-state index contributed by atoms with van der Waals surface area (Å²) < 4.78 is 31.6. The van der Waals surface area contributed by atoms with Crippen LogP contribution < -0.4 is 10.1 Å². The van der Waals surface area contributed by atoms with Crippen molar-refractivity contribution < 1.29 is 27.9 Å². The summed E-state index contributed by atoms with van der Waals surface area (Å²) in [4.78, 5) is 22.6. The maximum absolute atomic E-state index is 12.7. The van der Waals surface area contributed by atoms with Crippen LogP contribution in [0.15, 0.2) is 29.2 Å². The minimum absolute atomic E-state index is 0.0415. The Balaban J connectivity index is 2.09. The SMILES string of the molecule is COc1ccc(S(=O)(=O)N2CCC[C@H](C(=O)NCC(=O)O)C2)cc1. The van der Waals surface area contributed by atoms with E-state index in [9.17, 15) is 18.0 Å². The highest BCUT2D eigenvalue weighted by Crippen LogP contribution is 2.25. The molecule has 1 saturated heterocycles. The zero-order chi connectivity index (χ0) is 17.7. The van der Waals surface area contributed by atoms with E-state index >= 15 is 0 Å². The van der Waals surface area contributed by atoms with Crippen LogP contribution in [0.1, 0.15) is 12.8 Å². The molecule has 24 heavy (non-hydrogen) atoms. The largest absolute Gasteiger partial charge is 0.497 e. The number of amides is 1. The summed E-state index contributed by atoms with van der Waals surface area (Å²) >= 11 is 0. The van der Waals surface area contributed by atoms with Crippen LogP contribution in [0.25, 0.3) is 0 Å². The van der Waals surface area contributed by atoms with Crippen LogP contribution in [-0.2, 0) is 19.6 Å². The summed E-state index contributed by atoms with van der Waals surface area (Å²) in [5, 5.41) is 10.9. The average molecular weight is 356 g/mol. The highest BCUT2D eigenvalue weighted by atomic mass is 32.2. The van der Waals surface area contributed by atoms with Crippen LogP contribution in [0.3, 0.4) is 0 Å². The fourth-order valence-electron chi connectivity index (χ4n) is 2.58. The van der Waals surface area contributed by atoms with Gasteiger partial charge in [0.15, 0.2) is 0 Å². The number of sulfonamides is 1. The molecule has 1 amide bonds. The second-order valence-electron chi connectivity index (χ2n) is 5.49. The maximum atomic E-state index is 12.7. The van der Waals surface area contributed by atoms with Crippen molar-refractivity contribution in [3.63, 3.8) is 0 Å². The van der Waals surface area contributed by atoms with E-state index < -0.39 is 34.4 Å². The predicted octanol–water partition coefficient (Wildman–Crippen LogP) is 0.297. The second kappa shape index (κ2) is 7.63. The van der Waals surface area contributed by atoms with Gasteiger partial charge in [-0.3, -0.25) is 9.59 Å². The van der Waals surface area contributed by atoms with E-state index in [1.165, 1.54) is 23.5 Å². The van der Waals surface area contributed by atoms with E-state index in [1.807, 2.05) is 0 Å². The van der Waals surface area contributed by atoms with Gasteiger partial charge in [0.05, 0.1) is 17.9 Å². The van der Waals surface area contributed by atoms with Crippen molar-refractivity contribution in [2.24, 2.45) is 5.92 Å². The molecule has 1 aromatic rings. The number of carboxylic acids is 1. The molecule has 0 saturated carbocycles. The summed E-state index contributed by atoms with van der Waals surface area (Å²) in [6, 6.07) is 6.05. The molecule has 2 rings (SSSR count). The van der Waals surface area contributed by atoms with Gasteiger partial charge >= 0.3 is 5.97 Å². The number of carboxylic acid groups (broad SMARTS) is 1. The van der Waals surface area contributed by atoms with Crippen LogP contribution in [0.2, 0.25) is 0 Å². The molecule has 0 aliphatic carbocycles. The van der Waals surface area contributed by atoms with Gasteiger partial charge in [0, 0.05) is 13.1 Å². The van der Waals surface area contributed by atoms with Gasteiger partial charge in [-0.15, -0.1) is 0 Å². The lowest BCUT2D eigenvalue weighted by Gasteiger charge is -2.31. The van der Waals surface area contributed by atoms with E-state index in [0.29, 0.717) is 25.1 Å². The smallest absolute Gasteiger partial charge is 0.322 e. The van der Waals surface area contributed by atoms with Crippen molar-refractivity contribution in [1.82, 2.24) is 9.62 Å². The lowest BCUT2D eigenvalue weighted by molar-refractivity contribution is -0.138. The molecular formula is C15H20N2O6S. The van der Waals surface area contributed by atoms with Crippen molar-refractivity contribution in [3.8, 4) is 5.75 Å². The number of nitrogens with one attached hydrogen (secondary N) is 1. The van der Waals surface area contributed by atoms with Crippen LogP contribution in [0, 0.1) is 5.92 Å². The first-order valence-electron chi connectivity index (χ1n) is 7.48. The summed E-state index contributed by atoms with van der Waals surface area (Å²) in [5.41, 5.74) is 0. The van der Waals surface area contributed by atoms with Gasteiger partial charge in [-0.1, -0.05) is 0 Å². The first kappa shape index (κ1) is 18.2. The number of ether oxygens (including phenoxy) is 1. The Bertz CT molecular complexity index is 701. The Kier molecular flexibility index (Phi) is 5.79. The number of carbonyl (C=O) groups excluding carboxylic acids is 1. The van der Waals surface area contributed by atoms with E-state index in [4.69, 9.17) is 9.84 Å². The molecule has 0 bridgehead atoms. The molecule has 1 fully saturated rings. The molecule has 0 spiro atoms. The number of hydrogen-bond acceptors (Lipinski definition) is 5. The van der Waals surface area contributed by atoms with Gasteiger partial charge in [-0.25, -0.2) is 8.42 Å². The number of nitrogens with zero attached hydrogens (tertiary/aromatic N) is 1. The molecule has 1 aromatic carbocycles. The Labute approximate surface area is 140 Å². The van der Waals surface area contributed by atoms with Gasteiger partial charge in [-0.2, -0.15) is 4.31 Å². The van der Waals surface area contributed by atoms with E-state index in [-0.39, 0.29) is 11.4 Å². The summed E-state index contributed by atoms with van der Waals surface area (Å²) in [5.74, 6) is -1.57. The Morgan fingerprint density at radius 3 is 2.58 bits per heavy atom. The van der Waals surface area contributed by atoms with Crippen LogP contribution in [0.4, 0.5) is 0 Å². The van der Waals surface area contributed by atoms with Gasteiger partial charge in [0.25, 0.3) is 0 Å². The molecule has 0 aromatic heterocycles. The van der Waals surface area contributed by atoms with Crippen molar-refractivity contribution in [2.45, 2.75) is 17.7 Å². The Hall–Kier alpha value is -2.13. The first-order chi connectivity index (χ1) is 11.3. The second-order valence-corrected chi connectivity index (χ2v) is 7.43. The minimum Gasteiger partial charge on any atom is -0.497 e. The zero-order valence-corrected chi connectivity index (χ0v) is 14.1. The van der Waals surface area contributed by atoms with Gasteiger partial charge in [0.2, 0.25) is 15.9 Å². The fraction of sp³-hybridized carbons (Fsp3) is 0.467. The van der Waals surface area contributed by atoms with Crippen molar-refractivity contribution in [1.29, 1.82) is 0 Å². The summed E-state index contributed by atoms with van der Waals surface area (Å²) in [6.45, 7) is -0.0998. The molecule has 8 nitrogen and oxygen atoms in total. The maximum Gasteiger partial charge on any atom is 0.322 e. The summed E-state index contributed by atoms with van der Waals surface area (Å²) in [6.07, 6.45) is 1.07. The molecule has 1 atom stereocenters. The fourth-order valence-corrected chi connectivity index (χ4v) is 4.10. The third-order valence-electron chi connectivity index (χ3n) is 3.87. The lowest BCUT2D eigenvalue weighted by Crippen LogP contribution is -2.46. The highest BCUT2D eigenvalue weighted by Gasteiger charge is 2.33. The van der Waals surface area contributed by atoms with E-state index in [2.05, 4.69) is 5.32 Å². The standard InChI is InChI=1S/C15H20N2O6S/c1-23-12-4-6-13(7-5-12)24(21,22)17-8-2-3-11(10-17)15(20)16-9-14(18)19/h4-7,11H,2-3,8-10H2,1H3,(H,16,20)(H,18,19)/t11-/m0/s1.